The van der Waals surface area contributed by atoms with Crippen molar-refractivity contribution in [3.05, 3.63) is 34.6 Å². The molecule has 0 atom stereocenters. The summed E-state index contributed by atoms with van der Waals surface area (Å²) in [6.45, 7) is 0. The van der Waals surface area contributed by atoms with E-state index in [0.717, 1.165) is 6.07 Å². The van der Waals surface area contributed by atoms with Crippen LogP contribution in [0.1, 0.15) is 5.56 Å². The number of alkyl halides is 2. The molecule has 0 heterocycles. The first-order valence-corrected chi connectivity index (χ1v) is 5.28. The Hall–Kier alpha value is -0.0200. The molecule has 0 spiro atoms. The van der Waals surface area contributed by atoms with Gasteiger partial charge in [-0.25, -0.2) is 4.39 Å². The highest BCUT2D eigenvalue weighted by molar-refractivity contribution is 6.30. The molecule has 0 aliphatic rings. The van der Waals surface area contributed by atoms with E-state index < -0.39 is 11.4 Å². The minimum absolute atomic E-state index is 0.0619. The van der Waals surface area contributed by atoms with Gasteiger partial charge in [0.1, 0.15) is 11.4 Å². The number of hydrogen-bond donors (Lipinski definition) is 1. The summed E-state index contributed by atoms with van der Waals surface area (Å²) in [6.07, 6.45) is 0. The van der Waals surface area contributed by atoms with Gasteiger partial charge in [0.2, 0.25) is 0 Å². The second-order valence-electron chi connectivity index (χ2n) is 2.92. The van der Waals surface area contributed by atoms with E-state index in [4.69, 9.17) is 34.8 Å². The zero-order chi connectivity index (χ0) is 10.8. The third kappa shape index (κ3) is 2.31. The fourth-order valence-corrected chi connectivity index (χ4v) is 1.78. The highest BCUT2D eigenvalue weighted by Gasteiger charge is 2.30. The Morgan fingerprint density at radius 1 is 1.29 bits per heavy atom. The average Bonchev–Trinajstić information content (AvgIpc) is 2.17. The minimum Gasteiger partial charge on any atom is -0.383 e. The first kappa shape index (κ1) is 12.1. The van der Waals surface area contributed by atoms with Crippen LogP contribution in [0.5, 0.6) is 0 Å². The van der Waals surface area contributed by atoms with Gasteiger partial charge < -0.3 is 5.11 Å². The van der Waals surface area contributed by atoms with Gasteiger partial charge in [0.25, 0.3) is 0 Å². The first-order chi connectivity index (χ1) is 6.53. The van der Waals surface area contributed by atoms with Crippen LogP contribution in [0.25, 0.3) is 0 Å². The standard InChI is InChI=1S/C9H8Cl3FO/c10-4-9(14,5-11)7-2-1-6(12)3-8(7)13/h1-3,14H,4-5H2. The summed E-state index contributed by atoms with van der Waals surface area (Å²) in [5.41, 5.74) is -1.48. The fourth-order valence-electron chi connectivity index (χ4n) is 1.05. The van der Waals surface area contributed by atoms with Crippen LogP contribution in [-0.2, 0) is 5.60 Å². The minimum atomic E-state index is -1.54. The molecular formula is C9H8Cl3FO. The molecule has 1 N–H and O–H groups in total. The van der Waals surface area contributed by atoms with E-state index in [1.54, 1.807) is 0 Å². The normalized spacial score (nSPS) is 11.8. The molecule has 0 bridgehead atoms. The maximum atomic E-state index is 13.4. The molecule has 0 aliphatic carbocycles. The maximum Gasteiger partial charge on any atom is 0.130 e. The molecule has 78 valence electrons. The van der Waals surface area contributed by atoms with Gasteiger partial charge >= 0.3 is 0 Å². The molecular weight excluding hydrogens is 249 g/mol. The smallest absolute Gasteiger partial charge is 0.130 e. The van der Waals surface area contributed by atoms with Crippen LogP contribution in [0.3, 0.4) is 0 Å². The molecule has 0 amide bonds. The van der Waals surface area contributed by atoms with Crippen LogP contribution in [0.4, 0.5) is 4.39 Å². The molecule has 0 unspecified atom stereocenters. The lowest BCUT2D eigenvalue weighted by molar-refractivity contribution is 0.0821. The molecule has 1 aromatic rings. The molecule has 1 nitrogen and oxygen atoms in total. The van der Waals surface area contributed by atoms with Gasteiger partial charge in [-0.15, -0.1) is 23.2 Å². The van der Waals surface area contributed by atoms with Gasteiger partial charge in [0, 0.05) is 10.6 Å². The number of halogens is 4. The molecule has 0 aromatic heterocycles. The first-order valence-electron chi connectivity index (χ1n) is 3.83. The molecule has 1 rings (SSSR count). The zero-order valence-electron chi connectivity index (χ0n) is 7.11. The summed E-state index contributed by atoms with van der Waals surface area (Å²) < 4.78 is 13.4. The van der Waals surface area contributed by atoms with Gasteiger partial charge in [-0.3, -0.25) is 0 Å². The number of hydrogen-bond acceptors (Lipinski definition) is 1. The van der Waals surface area contributed by atoms with E-state index in [1.807, 2.05) is 0 Å². The number of aliphatic hydroxyl groups is 1. The summed E-state index contributed by atoms with van der Waals surface area (Å²) in [6, 6.07) is 3.97. The lowest BCUT2D eigenvalue weighted by Gasteiger charge is -2.23. The Balaban J connectivity index is 3.17. The quantitative estimate of drug-likeness (QED) is 0.825. The van der Waals surface area contributed by atoms with Crippen LogP contribution in [-0.4, -0.2) is 16.9 Å². The Morgan fingerprint density at radius 3 is 2.29 bits per heavy atom. The molecule has 0 radical (unpaired) electrons. The van der Waals surface area contributed by atoms with Gasteiger partial charge in [-0.05, 0) is 12.1 Å². The predicted octanol–water partition coefficient (Wildman–Crippen LogP) is 3.14. The van der Waals surface area contributed by atoms with Crippen molar-refractivity contribution in [2.24, 2.45) is 0 Å². The van der Waals surface area contributed by atoms with Crippen molar-refractivity contribution in [3.8, 4) is 0 Å². The Bertz CT molecular complexity index is 326. The molecule has 5 heteroatoms. The Kier molecular flexibility index (Phi) is 4.02. The van der Waals surface area contributed by atoms with Crippen LogP contribution in [0, 0.1) is 5.82 Å². The van der Waals surface area contributed by atoms with Crippen molar-refractivity contribution in [3.63, 3.8) is 0 Å². The van der Waals surface area contributed by atoms with E-state index in [0.29, 0.717) is 0 Å². The predicted molar refractivity (Wildman–Crippen MR) is 56.7 cm³/mol. The Labute approximate surface area is 96.4 Å². The summed E-state index contributed by atoms with van der Waals surface area (Å²) in [5.74, 6) is -0.953. The van der Waals surface area contributed by atoms with Crippen molar-refractivity contribution in [2.75, 3.05) is 11.8 Å². The maximum absolute atomic E-state index is 13.4. The summed E-state index contributed by atoms with van der Waals surface area (Å²) in [4.78, 5) is 0. The zero-order valence-corrected chi connectivity index (χ0v) is 9.37. The molecule has 0 saturated carbocycles. The van der Waals surface area contributed by atoms with Crippen LogP contribution in [0.15, 0.2) is 18.2 Å². The van der Waals surface area contributed by atoms with Crippen molar-refractivity contribution in [1.82, 2.24) is 0 Å². The van der Waals surface area contributed by atoms with E-state index in [2.05, 4.69) is 0 Å². The molecule has 1 aromatic carbocycles. The molecule has 14 heavy (non-hydrogen) atoms. The van der Waals surface area contributed by atoms with E-state index >= 15 is 0 Å². The Morgan fingerprint density at radius 2 is 1.86 bits per heavy atom. The average molecular weight is 258 g/mol. The van der Waals surface area contributed by atoms with Crippen molar-refractivity contribution in [1.29, 1.82) is 0 Å². The third-order valence-corrected chi connectivity index (χ3v) is 2.99. The second-order valence-corrected chi connectivity index (χ2v) is 3.89. The highest BCUT2D eigenvalue weighted by atomic mass is 35.5. The summed E-state index contributed by atoms with van der Waals surface area (Å²) >= 11 is 16.6. The summed E-state index contributed by atoms with van der Waals surface area (Å²) in [5, 5.41) is 10.1. The molecule has 0 fully saturated rings. The number of benzene rings is 1. The van der Waals surface area contributed by atoms with E-state index in [1.165, 1.54) is 12.1 Å². The molecule has 0 aliphatic heterocycles. The van der Waals surface area contributed by atoms with Crippen LogP contribution >= 0.6 is 34.8 Å². The van der Waals surface area contributed by atoms with E-state index in [-0.39, 0.29) is 22.3 Å². The van der Waals surface area contributed by atoms with Crippen molar-refractivity contribution in [2.45, 2.75) is 5.60 Å². The van der Waals surface area contributed by atoms with Crippen LogP contribution in [0.2, 0.25) is 5.02 Å². The molecule has 0 saturated heterocycles. The lowest BCUT2D eigenvalue weighted by atomic mass is 9.97. The SMILES string of the molecule is OC(CCl)(CCl)c1ccc(Cl)cc1F. The van der Waals surface area contributed by atoms with Crippen molar-refractivity contribution >= 4 is 34.8 Å². The fraction of sp³-hybridized carbons (Fsp3) is 0.333. The number of rotatable bonds is 3. The lowest BCUT2D eigenvalue weighted by Crippen LogP contribution is -2.31. The monoisotopic (exact) mass is 256 g/mol. The van der Waals surface area contributed by atoms with E-state index in [9.17, 15) is 9.50 Å². The van der Waals surface area contributed by atoms with Gasteiger partial charge in [0.15, 0.2) is 0 Å². The summed E-state index contributed by atoms with van der Waals surface area (Å²) in [7, 11) is 0. The topological polar surface area (TPSA) is 20.2 Å². The van der Waals surface area contributed by atoms with Crippen LogP contribution < -0.4 is 0 Å². The van der Waals surface area contributed by atoms with Gasteiger partial charge in [-0.1, -0.05) is 17.7 Å². The largest absolute Gasteiger partial charge is 0.383 e. The van der Waals surface area contributed by atoms with Crippen molar-refractivity contribution < 1.29 is 9.50 Å². The highest BCUT2D eigenvalue weighted by Crippen LogP contribution is 2.28. The third-order valence-electron chi connectivity index (χ3n) is 1.87. The van der Waals surface area contributed by atoms with Gasteiger partial charge in [0.05, 0.1) is 11.8 Å². The van der Waals surface area contributed by atoms with Gasteiger partial charge in [-0.2, -0.15) is 0 Å². The second kappa shape index (κ2) is 4.67.